The number of rotatable bonds is 5. The Morgan fingerprint density at radius 1 is 1.14 bits per heavy atom. The average Bonchev–Trinajstić information content (AvgIpc) is 3.20. The fourth-order valence-corrected chi connectivity index (χ4v) is 3.73. The van der Waals surface area contributed by atoms with Gasteiger partial charge in [-0.3, -0.25) is 4.79 Å². The molecule has 28 heavy (non-hydrogen) atoms. The van der Waals surface area contributed by atoms with Gasteiger partial charge in [0, 0.05) is 12.2 Å². The van der Waals surface area contributed by atoms with E-state index < -0.39 is 0 Å². The lowest BCUT2D eigenvalue weighted by Crippen LogP contribution is -3.19. The number of aromatic hydroxyl groups is 1. The summed E-state index contributed by atoms with van der Waals surface area (Å²) in [6.07, 6.45) is 0. The first kappa shape index (κ1) is 18.4. The number of carbonyl (C=O) groups is 1. The van der Waals surface area contributed by atoms with Crippen molar-refractivity contribution in [2.24, 2.45) is 0 Å². The first-order valence-electron chi connectivity index (χ1n) is 9.65. The van der Waals surface area contributed by atoms with Crippen molar-refractivity contribution in [1.82, 2.24) is 5.32 Å². The number of hydrogen-bond acceptors (Lipinski definition) is 5. The molecule has 0 saturated carbocycles. The number of amides is 1. The molecule has 2 aliphatic rings. The molecule has 1 amide bonds. The SMILES string of the molecule is C[C@@H](C(=O)NCc1ccc2c(c1)OCO2)[NH+]1CCN(c2ccc(O)cc2)CC1. The summed E-state index contributed by atoms with van der Waals surface area (Å²) in [6.45, 7) is 6.30. The van der Waals surface area contributed by atoms with Crippen molar-refractivity contribution in [2.45, 2.75) is 19.5 Å². The Balaban J connectivity index is 1.27. The molecule has 0 aliphatic carbocycles. The van der Waals surface area contributed by atoms with Crippen LogP contribution in [0.5, 0.6) is 17.2 Å². The lowest BCUT2D eigenvalue weighted by molar-refractivity contribution is -0.914. The van der Waals surface area contributed by atoms with Crippen LogP contribution in [-0.2, 0) is 11.3 Å². The second-order valence-corrected chi connectivity index (χ2v) is 7.29. The quantitative estimate of drug-likeness (QED) is 0.701. The van der Waals surface area contributed by atoms with E-state index in [9.17, 15) is 9.90 Å². The van der Waals surface area contributed by atoms with Gasteiger partial charge in [0.1, 0.15) is 5.75 Å². The average molecular weight is 384 g/mol. The highest BCUT2D eigenvalue weighted by atomic mass is 16.7. The third-order valence-corrected chi connectivity index (χ3v) is 5.53. The van der Waals surface area contributed by atoms with Crippen LogP contribution in [0.4, 0.5) is 5.69 Å². The highest BCUT2D eigenvalue weighted by molar-refractivity contribution is 5.79. The van der Waals surface area contributed by atoms with E-state index in [-0.39, 0.29) is 24.5 Å². The largest absolute Gasteiger partial charge is 0.508 e. The molecule has 0 radical (unpaired) electrons. The zero-order valence-electron chi connectivity index (χ0n) is 16.0. The van der Waals surface area contributed by atoms with Crippen LogP contribution in [-0.4, -0.2) is 50.0 Å². The van der Waals surface area contributed by atoms with Crippen LogP contribution in [0.15, 0.2) is 42.5 Å². The van der Waals surface area contributed by atoms with Gasteiger partial charge in [0.2, 0.25) is 6.79 Å². The molecule has 2 aliphatic heterocycles. The van der Waals surface area contributed by atoms with Crippen molar-refractivity contribution in [3.8, 4) is 17.2 Å². The fourth-order valence-electron chi connectivity index (χ4n) is 3.73. The Morgan fingerprint density at radius 2 is 1.86 bits per heavy atom. The van der Waals surface area contributed by atoms with Gasteiger partial charge in [0.15, 0.2) is 17.5 Å². The van der Waals surface area contributed by atoms with Gasteiger partial charge >= 0.3 is 0 Å². The molecule has 0 aromatic heterocycles. The first-order valence-corrected chi connectivity index (χ1v) is 9.65. The van der Waals surface area contributed by atoms with Crippen LogP contribution in [0, 0.1) is 0 Å². The number of anilines is 1. The lowest BCUT2D eigenvalue weighted by atomic mass is 10.1. The van der Waals surface area contributed by atoms with Crippen LogP contribution in [0.2, 0.25) is 0 Å². The molecular weight excluding hydrogens is 358 g/mol. The predicted molar refractivity (Wildman–Crippen MR) is 105 cm³/mol. The molecule has 2 heterocycles. The van der Waals surface area contributed by atoms with Gasteiger partial charge in [-0.15, -0.1) is 0 Å². The number of piperazine rings is 1. The van der Waals surface area contributed by atoms with Gasteiger partial charge in [-0.25, -0.2) is 0 Å². The molecule has 2 aromatic rings. The van der Waals surface area contributed by atoms with E-state index in [1.165, 1.54) is 4.90 Å². The number of hydrogen-bond donors (Lipinski definition) is 3. The molecule has 0 bridgehead atoms. The number of fused-ring (bicyclic) bond motifs is 1. The minimum absolute atomic E-state index is 0.0609. The summed E-state index contributed by atoms with van der Waals surface area (Å²) in [5, 5.41) is 12.5. The standard InChI is InChI=1S/C21H25N3O4/c1-15(21(26)22-13-16-2-7-19-20(12-16)28-14-27-19)23-8-10-24(11-9-23)17-3-5-18(25)6-4-17/h2-7,12,15,25H,8-11,13-14H2,1H3,(H,22,26)/p+1/t15-/m0/s1. The Bertz CT molecular complexity index is 832. The molecule has 3 N–H and O–H groups in total. The van der Waals surface area contributed by atoms with E-state index in [0.29, 0.717) is 6.54 Å². The third-order valence-electron chi connectivity index (χ3n) is 5.53. The zero-order chi connectivity index (χ0) is 19.5. The van der Waals surface area contributed by atoms with Crippen molar-refractivity contribution >= 4 is 11.6 Å². The minimum atomic E-state index is -0.101. The lowest BCUT2D eigenvalue weighted by Gasteiger charge is -2.36. The third kappa shape index (κ3) is 3.99. The second-order valence-electron chi connectivity index (χ2n) is 7.29. The fraction of sp³-hybridized carbons (Fsp3) is 0.381. The first-order chi connectivity index (χ1) is 13.6. The van der Waals surface area contributed by atoms with Crippen LogP contribution >= 0.6 is 0 Å². The maximum atomic E-state index is 12.6. The van der Waals surface area contributed by atoms with Gasteiger partial charge in [-0.2, -0.15) is 0 Å². The van der Waals surface area contributed by atoms with Crippen molar-refractivity contribution in [3.05, 3.63) is 48.0 Å². The number of nitrogens with zero attached hydrogens (tertiary/aromatic N) is 1. The molecule has 7 heteroatoms. The molecule has 1 atom stereocenters. The summed E-state index contributed by atoms with van der Waals surface area (Å²) in [6, 6.07) is 12.9. The molecule has 148 valence electrons. The molecule has 1 saturated heterocycles. The normalized spacial score (nSPS) is 17.4. The number of carbonyl (C=O) groups excluding carboxylic acids is 1. The number of nitrogens with one attached hydrogen (secondary N) is 2. The van der Waals surface area contributed by atoms with Gasteiger partial charge < -0.3 is 29.7 Å². The van der Waals surface area contributed by atoms with Crippen molar-refractivity contribution in [2.75, 3.05) is 37.9 Å². The van der Waals surface area contributed by atoms with Gasteiger partial charge in [0.25, 0.3) is 5.91 Å². The Hall–Kier alpha value is -2.93. The summed E-state index contributed by atoms with van der Waals surface area (Å²) in [7, 11) is 0. The zero-order valence-corrected chi connectivity index (χ0v) is 16.0. The molecular formula is C21H26N3O4+. The molecule has 1 fully saturated rings. The molecule has 4 rings (SSSR count). The molecule has 2 aromatic carbocycles. The van der Waals surface area contributed by atoms with Crippen molar-refractivity contribution in [3.63, 3.8) is 0 Å². The van der Waals surface area contributed by atoms with Crippen LogP contribution < -0.4 is 24.6 Å². The van der Waals surface area contributed by atoms with Gasteiger partial charge in [-0.1, -0.05) is 6.07 Å². The number of phenols is 1. The van der Waals surface area contributed by atoms with E-state index in [1.54, 1.807) is 12.1 Å². The smallest absolute Gasteiger partial charge is 0.278 e. The van der Waals surface area contributed by atoms with E-state index in [0.717, 1.165) is 48.9 Å². The summed E-state index contributed by atoms with van der Waals surface area (Å²) in [5.74, 6) is 1.82. The maximum Gasteiger partial charge on any atom is 0.278 e. The summed E-state index contributed by atoms with van der Waals surface area (Å²) in [4.78, 5) is 16.2. The van der Waals surface area contributed by atoms with E-state index >= 15 is 0 Å². The predicted octanol–water partition coefficient (Wildman–Crippen LogP) is 0.531. The monoisotopic (exact) mass is 384 g/mol. The van der Waals surface area contributed by atoms with E-state index in [4.69, 9.17) is 9.47 Å². The summed E-state index contributed by atoms with van der Waals surface area (Å²) < 4.78 is 10.7. The van der Waals surface area contributed by atoms with Crippen molar-refractivity contribution < 1.29 is 24.3 Å². The Kier molecular flexibility index (Phi) is 5.25. The van der Waals surface area contributed by atoms with Gasteiger partial charge in [-0.05, 0) is 48.9 Å². The van der Waals surface area contributed by atoms with Crippen LogP contribution in [0.3, 0.4) is 0 Å². The van der Waals surface area contributed by atoms with E-state index in [1.807, 2.05) is 37.3 Å². The Labute approximate surface area is 164 Å². The number of quaternary nitrogens is 1. The highest BCUT2D eigenvalue weighted by Gasteiger charge is 2.29. The van der Waals surface area contributed by atoms with Gasteiger partial charge in [0.05, 0.1) is 26.2 Å². The molecule has 0 spiro atoms. The number of phenolic OH excluding ortho intramolecular Hbond substituents is 1. The van der Waals surface area contributed by atoms with Crippen LogP contribution in [0.25, 0.3) is 0 Å². The molecule has 0 unspecified atom stereocenters. The summed E-state index contributed by atoms with van der Waals surface area (Å²) >= 11 is 0. The number of ether oxygens (including phenoxy) is 2. The van der Waals surface area contributed by atoms with E-state index in [2.05, 4.69) is 10.2 Å². The van der Waals surface area contributed by atoms with Crippen LogP contribution in [0.1, 0.15) is 12.5 Å². The topological polar surface area (TPSA) is 75.5 Å². The molecule has 7 nitrogen and oxygen atoms in total. The maximum absolute atomic E-state index is 12.6. The Morgan fingerprint density at radius 3 is 2.61 bits per heavy atom. The highest BCUT2D eigenvalue weighted by Crippen LogP contribution is 2.32. The van der Waals surface area contributed by atoms with Crippen molar-refractivity contribution in [1.29, 1.82) is 0 Å². The summed E-state index contributed by atoms with van der Waals surface area (Å²) in [5.41, 5.74) is 2.11. The second kappa shape index (κ2) is 7.98. The number of benzene rings is 2. The minimum Gasteiger partial charge on any atom is -0.508 e.